The van der Waals surface area contributed by atoms with Gasteiger partial charge in [0.15, 0.2) is 17.3 Å². The monoisotopic (exact) mass is 843 g/mol. The van der Waals surface area contributed by atoms with Gasteiger partial charge in [-0.1, -0.05) is 11.5 Å². The third kappa shape index (κ3) is 10.6. The zero-order chi connectivity index (χ0) is 40.4. The Labute approximate surface area is 372 Å². The van der Waals surface area contributed by atoms with Gasteiger partial charge in [-0.15, -0.1) is 5.11 Å². The first kappa shape index (κ1) is 45.3. The Bertz CT molecular complexity index is 2740. The summed E-state index contributed by atoms with van der Waals surface area (Å²) in [5.41, 5.74) is 12.0. The topological polar surface area (TPSA) is 330 Å². The molecule has 0 aliphatic heterocycles. The fraction of sp³-hybridized carbons (Fsp3) is 0. The quantitative estimate of drug-likeness (QED) is 0.0284. The Morgan fingerprint density at radius 3 is 1.53 bits per heavy atom. The summed E-state index contributed by atoms with van der Waals surface area (Å²) in [4.78, 5) is 34.4. The van der Waals surface area contributed by atoms with Gasteiger partial charge in [-0.2, -0.15) is 37.3 Å². The molecule has 284 valence electrons. The number of nitrogens with two attached hydrogens (primary N) is 1. The molecule has 0 amide bonds. The standard InChI is InChI=1S/C34H25N9O11S2.2Na/c35-31-30-17(13-28(55(49,50)51)32(31)42-38-20-5-1-18(2-6-20)36-40-24-11-9-22(44)15-26(24)46)14-29(56(52,53)54)33(34(30)48)43-39-21-7-3-19(4-8-21)37-41-25-12-10-23(45)16-27(25)47;;/h1-16,36-37,39,46-47H,35H2,(H,49,50,51)(H,52,53,54);;/q;2*+1/p-2/b40-24+,41-25+,42-38?,43-33-;;. The third-order valence-corrected chi connectivity index (χ3v) is 9.37. The Balaban J connectivity index is 0.00000372. The predicted octanol–water partition coefficient (Wildman–Crippen LogP) is -3.87. The van der Waals surface area contributed by atoms with E-state index in [0.717, 1.165) is 24.3 Å². The minimum atomic E-state index is -5.18. The van der Waals surface area contributed by atoms with Crippen LogP contribution in [-0.4, -0.2) is 60.4 Å². The molecule has 58 heavy (non-hydrogen) atoms. The number of nitrogen functional groups attached to an aromatic ring is 1. The van der Waals surface area contributed by atoms with Gasteiger partial charge < -0.3 is 15.9 Å². The van der Waals surface area contributed by atoms with Gasteiger partial charge in [-0.05, 0) is 103 Å². The van der Waals surface area contributed by atoms with E-state index in [1.165, 1.54) is 72.8 Å². The number of rotatable bonds is 10. The largest absolute Gasteiger partial charge is 1.00 e. The van der Waals surface area contributed by atoms with Gasteiger partial charge in [-0.3, -0.25) is 39.8 Å². The van der Waals surface area contributed by atoms with Crippen LogP contribution < -0.4 is 91.3 Å². The number of carbonyl (C=O) groups is 3. The molecule has 0 atom stereocenters. The molecule has 0 radical (unpaired) electrons. The van der Waals surface area contributed by atoms with Crippen LogP contribution in [0, 0.1) is 0 Å². The molecule has 3 aromatic rings. The van der Waals surface area contributed by atoms with Gasteiger partial charge >= 0.3 is 59.1 Å². The minimum absolute atomic E-state index is 0. The van der Waals surface area contributed by atoms with Crippen LogP contribution in [0.4, 0.5) is 34.1 Å². The van der Waals surface area contributed by atoms with Gasteiger partial charge in [0.2, 0.25) is 5.78 Å². The molecule has 0 saturated heterocycles. The summed E-state index contributed by atoms with van der Waals surface area (Å²) in [5, 5.41) is 43.3. The minimum Gasteiger partial charge on any atom is -0.871 e. The van der Waals surface area contributed by atoms with E-state index in [1.807, 2.05) is 0 Å². The number of ketones is 3. The van der Waals surface area contributed by atoms with Crippen LogP contribution in [0.15, 0.2) is 138 Å². The van der Waals surface area contributed by atoms with E-state index in [2.05, 4.69) is 41.8 Å². The summed E-state index contributed by atoms with van der Waals surface area (Å²) in [7, 11) is -10.3. The summed E-state index contributed by atoms with van der Waals surface area (Å²) < 4.78 is 69.7. The molecule has 0 unspecified atom stereocenters. The SMILES string of the molecule is Nc1c(N=Nc2ccc(N/N=C3\C=CC(=O)C=C3[O-])cc2)c(S(=O)(=O)O)cc2c1C(=O)/C(=N\Nc1ccc(N/N=C3\C=CC(=O)C=C3[O-])cc1)C(S(=O)(=O)O)=C2.[Na+].[Na+]. The number of nitrogens with zero attached hydrogens (tertiary/aromatic N) is 5. The van der Waals surface area contributed by atoms with E-state index in [9.17, 15) is 50.5 Å². The molecule has 0 aromatic heterocycles. The maximum absolute atomic E-state index is 13.8. The Morgan fingerprint density at radius 2 is 1.09 bits per heavy atom. The van der Waals surface area contributed by atoms with E-state index in [1.54, 1.807) is 0 Å². The van der Waals surface area contributed by atoms with Crippen LogP contribution in [0.3, 0.4) is 0 Å². The predicted molar refractivity (Wildman–Crippen MR) is 199 cm³/mol. The molecular weight excluding hydrogens is 821 g/mol. The number of allylic oxidation sites excluding steroid dienone is 7. The van der Waals surface area contributed by atoms with Crippen molar-refractivity contribution in [2.45, 2.75) is 4.90 Å². The van der Waals surface area contributed by atoms with Crippen molar-refractivity contribution < 1.29 is 110 Å². The number of carbonyl (C=O) groups excluding carboxylic acids is 3. The summed E-state index contributed by atoms with van der Waals surface area (Å²) in [6.07, 6.45) is 7.33. The Morgan fingerprint density at radius 1 is 0.621 bits per heavy atom. The smallest absolute Gasteiger partial charge is 0.871 e. The van der Waals surface area contributed by atoms with Gasteiger partial charge in [0, 0.05) is 0 Å². The van der Waals surface area contributed by atoms with E-state index in [4.69, 9.17) is 5.73 Å². The van der Waals surface area contributed by atoms with Gasteiger partial charge in [0.1, 0.15) is 15.5 Å². The Kier molecular flexibility index (Phi) is 14.4. The van der Waals surface area contributed by atoms with E-state index in [-0.39, 0.29) is 81.9 Å². The summed E-state index contributed by atoms with van der Waals surface area (Å²) in [6.45, 7) is 0. The van der Waals surface area contributed by atoms with Crippen LogP contribution in [0.25, 0.3) is 6.08 Å². The van der Waals surface area contributed by atoms with Crippen molar-refractivity contribution in [1.29, 1.82) is 0 Å². The van der Waals surface area contributed by atoms with Crippen LogP contribution >= 0.6 is 0 Å². The van der Waals surface area contributed by atoms with Crippen LogP contribution in [0.2, 0.25) is 0 Å². The fourth-order valence-electron chi connectivity index (χ4n) is 4.97. The molecule has 3 aliphatic carbocycles. The number of benzene rings is 3. The van der Waals surface area contributed by atoms with Gasteiger partial charge in [0.25, 0.3) is 20.2 Å². The van der Waals surface area contributed by atoms with Crippen molar-refractivity contribution in [3.05, 3.63) is 119 Å². The molecule has 0 spiro atoms. The summed E-state index contributed by atoms with van der Waals surface area (Å²) in [5.74, 6) is -3.30. The van der Waals surface area contributed by atoms with Crippen molar-refractivity contribution in [3.8, 4) is 0 Å². The number of hydrogen-bond acceptors (Lipinski definition) is 18. The fourth-order valence-corrected chi connectivity index (χ4v) is 6.30. The van der Waals surface area contributed by atoms with Crippen molar-refractivity contribution in [2.24, 2.45) is 25.5 Å². The molecular formula is C34H23N9Na2O11S2. The number of anilines is 4. The van der Waals surface area contributed by atoms with Crippen molar-refractivity contribution in [2.75, 3.05) is 22.0 Å². The first-order valence-electron chi connectivity index (χ1n) is 15.5. The molecule has 3 aliphatic rings. The zero-order valence-corrected chi connectivity index (χ0v) is 35.6. The summed E-state index contributed by atoms with van der Waals surface area (Å²) >= 11 is 0. The first-order chi connectivity index (χ1) is 26.5. The van der Waals surface area contributed by atoms with Crippen LogP contribution in [-0.2, 0) is 29.8 Å². The molecule has 20 nitrogen and oxygen atoms in total. The van der Waals surface area contributed by atoms with Crippen LogP contribution in [0.5, 0.6) is 0 Å². The molecule has 0 fully saturated rings. The average molecular weight is 844 g/mol. The number of hydrazone groups is 3. The van der Waals surface area contributed by atoms with Crippen molar-refractivity contribution in [3.63, 3.8) is 0 Å². The molecule has 24 heteroatoms. The number of Topliss-reactive ketones (excluding diaryl/α,β-unsaturated/α-hetero) is 1. The molecule has 0 saturated carbocycles. The van der Waals surface area contributed by atoms with Gasteiger partial charge in [0.05, 0.1) is 45.4 Å². The van der Waals surface area contributed by atoms with E-state index >= 15 is 0 Å². The number of fused-ring (bicyclic) bond motifs is 1. The second-order valence-corrected chi connectivity index (χ2v) is 14.3. The molecule has 0 heterocycles. The average Bonchev–Trinajstić information content (AvgIpc) is 3.13. The number of nitrogens with one attached hydrogen (secondary N) is 3. The first-order valence-corrected chi connectivity index (χ1v) is 18.4. The summed E-state index contributed by atoms with van der Waals surface area (Å²) in [6, 6.07) is 12.3. The van der Waals surface area contributed by atoms with Gasteiger partial charge in [-0.25, -0.2) is 0 Å². The van der Waals surface area contributed by atoms with Crippen molar-refractivity contribution in [1.82, 2.24) is 0 Å². The van der Waals surface area contributed by atoms with E-state index in [0.29, 0.717) is 11.4 Å². The van der Waals surface area contributed by atoms with Crippen LogP contribution in [0.1, 0.15) is 15.9 Å². The molecule has 0 bridgehead atoms. The normalized spacial score (nSPS) is 17.3. The van der Waals surface area contributed by atoms with E-state index < -0.39 is 87.1 Å². The zero-order valence-electron chi connectivity index (χ0n) is 29.9. The van der Waals surface area contributed by atoms with Crippen molar-refractivity contribution >= 4 is 94.9 Å². The second-order valence-electron chi connectivity index (χ2n) is 11.5. The molecule has 6 rings (SSSR count). The molecule has 7 N–H and O–H groups in total. The maximum atomic E-state index is 13.8. The molecule has 3 aromatic carbocycles. The maximum Gasteiger partial charge on any atom is 1.00 e. The number of azo groups is 1. The Hall–Kier alpha value is -5.40. The third-order valence-electron chi connectivity index (χ3n) is 7.64. The number of hydrogen-bond donors (Lipinski definition) is 6. The second kappa shape index (κ2) is 18.5.